The molecule has 30 heavy (non-hydrogen) atoms. The average Bonchev–Trinajstić information content (AvgIpc) is 3.20. The monoisotopic (exact) mass is 519 g/mol. The van der Waals surface area contributed by atoms with Crippen LogP contribution in [0.5, 0.6) is 0 Å². The maximum absolute atomic E-state index is 5.61. The molecule has 160 valence electrons. The van der Waals surface area contributed by atoms with Crippen LogP contribution in [0.3, 0.4) is 0 Å². The van der Waals surface area contributed by atoms with Crippen molar-refractivity contribution in [2.45, 2.75) is 26.9 Å². The Morgan fingerprint density at radius 1 is 1.10 bits per heavy atom. The van der Waals surface area contributed by atoms with Gasteiger partial charge in [0.05, 0.1) is 18.8 Å². The van der Waals surface area contributed by atoms with Crippen LogP contribution in [0.15, 0.2) is 64.2 Å². The minimum absolute atomic E-state index is 0. The topological polar surface area (TPSA) is 65.7 Å². The second-order valence-electron chi connectivity index (χ2n) is 7.09. The van der Waals surface area contributed by atoms with Crippen LogP contribution in [0, 0.1) is 6.92 Å². The molecule has 0 unspecified atom stereocenters. The van der Waals surface area contributed by atoms with E-state index in [0.29, 0.717) is 19.0 Å². The molecular formula is C23H30IN5O. The van der Waals surface area contributed by atoms with Crippen molar-refractivity contribution in [1.29, 1.82) is 0 Å². The van der Waals surface area contributed by atoms with Crippen molar-refractivity contribution in [1.82, 2.24) is 15.6 Å². The summed E-state index contributed by atoms with van der Waals surface area (Å²) in [5.74, 6) is 1.38. The van der Waals surface area contributed by atoms with Crippen molar-refractivity contribution in [2.75, 3.05) is 25.5 Å². The number of hydrogen-bond donors (Lipinski definition) is 2. The number of nitrogens with one attached hydrogen (secondary N) is 2. The third kappa shape index (κ3) is 6.48. The van der Waals surface area contributed by atoms with Crippen molar-refractivity contribution in [3.05, 3.63) is 71.6 Å². The summed E-state index contributed by atoms with van der Waals surface area (Å²) in [5.41, 5.74) is 5.42. The molecule has 2 N–H and O–H groups in total. The molecular weight excluding hydrogens is 489 g/mol. The molecule has 3 rings (SSSR count). The van der Waals surface area contributed by atoms with E-state index in [0.717, 1.165) is 23.8 Å². The number of anilines is 1. The summed E-state index contributed by atoms with van der Waals surface area (Å²) in [4.78, 5) is 11.4. The summed E-state index contributed by atoms with van der Waals surface area (Å²) in [6.07, 6.45) is 1.68. The minimum atomic E-state index is 0. The molecule has 0 saturated carbocycles. The zero-order valence-corrected chi connectivity index (χ0v) is 20.3. The lowest BCUT2D eigenvalue weighted by molar-refractivity contribution is 0.572. The van der Waals surface area contributed by atoms with Gasteiger partial charge in [-0.3, -0.25) is 0 Å². The van der Waals surface area contributed by atoms with Crippen LogP contribution in [-0.4, -0.2) is 31.6 Å². The molecule has 0 radical (unpaired) electrons. The first kappa shape index (κ1) is 23.7. The number of halogens is 1. The van der Waals surface area contributed by atoms with Gasteiger partial charge in [0.15, 0.2) is 5.96 Å². The van der Waals surface area contributed by atoms with Crippen LogP contribution >= 0.6 is 24.0 Å². The average molecular weight is 519 g/mol. The van der Waals surface area contributed by atoms with Crippen molar-refractivity contribution < 1.29 is 4.42 Å². The zero-order chi connectivity index (χ0) is 20.6. The fraction of sp³-hybridized carbons (Fsp3) is 0.304. The second kappa shape index (κ2) is 11.6. The number of oxazole rings is 1. The summed E-state index contributed by atoms with van der Waals surface area (Å²) in [7, 11) is 4.11. The molecule has 7 heteroatoms. The highest BCUT2D eigenvalue weighted by Crippen LogP contribution is 2.21. The lowest BCUT2D eigenvalue weighted by atomic mass is 10.1. The van der Waals surface area contributed by atoms with Crippen molar-refractivity contribution >= 4 is 35.6 Å². The Labute approximate surface area is 195 Å². The second-order valence-corrected chi connectivity index (χ2v) is 7.09. The Balaban J connectivity index is 0.00000320. The quantitative estimate of drug-likeness (QED) is 0.272. The van der Waals surface area contributed by atoms with E-state index in [2.05, 4.69) is 66.7 Å². The Hall–Kier alpha value is -2.55. The van der Waals surface area contributed by atoms with E-state index in [-0.39, 0.29) is 24.0 Å². The number of aliphatic imine (C=N–C) groups is 1. The molecule has 0 atom stereocenters. The number of guanidine groups is 1. The van der Waals surface area contributed by atoms with Gasteiger partial charge in [-0.2, -0.15) is 0 Å². The molecule has 0 saturated heterocycles. The highest BCUT2D eigenvalue weighted by molar-refractivity contribution is 14.0. The predicted molar refractivity (Wildman–Crippen MR) is 135 cm³/mol. The molecule has 0 amide bonds. The van der Waals surface area contributed by atoms with Crippen molar-refractivity contribution in [3.63, 3.8) is 0 Å². The van der Waals surface area contributed by atoms with E-state index in [4.69, 9.17) is 9.41 Å². The summed E-state index contributed by atoms with van der Waals surface area (Å²) in [6, 6.07) is 16.3. The molecule has 0 aliphatic heterocycles. The van der Waals surface area contributed by atoms with E-state index in [1.165, 1.54) is 16.8 Å². The molecule has 0 aliphatic carbocycles. The molecule has 1 aromatic heterocycles. The summed E-state index contributed by atoms with van der Waals surface area (Å²) >= 11 is 0. The molecule has 0 aliphatic rings. The first-order valence-electron chi connectivity index (χ1n) is 9.85. The van der Waals surface area contributed by atoms with Crippen molar-refractivity contribution in [2.24, 2.45) is 4.99 Å². The number of benzene rings is 2. The minimum Gasteiger partial charge on any atom is -0.444 e. The maximum atomic E-state index is 5.61. The van der Waals surface area contributed by atoms with Gasteiger partial charge in [-0.1, -0.05) is 30.3 Å². The molecule has 6 nitrogen and oxygen atoms in total. The Bertz CT molecular complexity index is 953. The predicted octanol–water partition coefficient (Wildman–Crippen LogP) is 4.59. The van der Waals surface area contributed by atoms with Crippen LogP contribution in [-0.2, 0) is 13.1 Å². The van der Waals surface area contributed by atoms with Gasteiger partial charge < -0.3 is 20.0 Å². The van der Waals surface area contributed by atoms with E-state index in [9.17, 15) is 0 Å². The SMILES string of the molecule is CCNC(=NCc1ccc(C)cc1N(C)C)NCc1coc(-c2ccccc2)n1.I. The van der Waals surface area contributed by atoms with Gasteiger partial charge in [0.25, 0.3) is 0 Å². The summed E-state index contributed by atoms with van der Waals surface area (Å²) < 4.78 is 5.61. The van der Waals surface area contributed by atoms with Gasteiger partial charge >= 0.3 is 0 Å². The standard InChI is InChI=1S/C23H29N5O.HI/c1-5-24-23(25-14-19-12-11-17(2)13-21(19)28(3)4)26-15-20-16-29-22(27-20)18-9-7-6-8-10-18;/h6-13,16H,5,14-15H2,1-4H3,(H2,24,25,26);1H. The molecule has 0 fully saturated rings. The fourth-order valence-corrected chi connectivity index (χ4v) is 3.01. The van der Waals surface area contributed by atoms with Gasteiger partial charge in [0.1, 0.15) is 6.26 Å². The molecule has 0 bridgehead atoms. The molecule has 2 aromatic carbocycles. The summed E-state index contributed by atoms with van der Waals surface area (Å²) in [5, 5.41) is 6.62. The number of hydrogen-bond acceptors (Lipinski definition) is 4. The van der Waals surface area contributed by atoms with Crippen LogP contribution in [0.4, 0.5) is 5.69 Å². The molecule has 3 aromatic rings. The van der Waals surface area contributed by atoms with Gasteiger partial charge in [-0.15, -0.1) is 24.0 Å². The van der Waals surface area contributed by atoms with Crippen LogP contribution in [0.1, 0.15) is 23.7 Å². The zero-order valence-electron chi connectivity index (χ0n) is 18.0. The third-order valence-corrected chi connectivity index (χ3v) is 4.48. The highest BCUT2D eigenvalue weighted by atomic mass is 127. The van der Waals surface area contributed by atoms with Gasteiger partial charge in [-0.25, -0.2) is 9.98 Å². The largest absolute Gasteiger partial charge is 0.444 e. The van der Waals surface area contributed by atoms with Crippen LogP contribution < -0.4 is 15.5 Å². The third-order valence-electron chi connectivity index (χ3n) is 4.48. The summed E-state index contributed by atoms with van der Waals surface area (Å²) in [6.45, 7) is 6.08. The van der Waals surface area contributed by atoms with Gasteiger partial charge in [0, 0.05) is 31.9 Å². The number of rotatable bonds is 7. The van der Waals surface area contributed by atoms with E-state index in [1.54, 1.807) is 6.26 Å². The number of aryl methyl sites for hydroxylation is 1. The molecule has 1 heterocycles. The first-order valence-corrected chi connectivity index (χ1v) is 9.85. The van der Waals surface area contributed by atoms with Crippen molar-refractivity contribution in [3.8, 4) is 11.5 Å². The molecule has 0 spiro atoms. The van der Waals surface area contributed by atoms with Crippen LogP contribution in [0.25, 0.3) is 11.5 Å². The van der Waals surface area contributed by atoms with E-state index >= 15 is 0 Å². The normalized spacial score (nSPS) is 11.0. The Kier molecular flexibility index (Phi) is 9.16. The fourth-order valence-electron chi connectivity index (χ4n) is 3.01. The Morgan fingerprint density at radius 3 is 2.57 bits per heavy atom. The smallest absolute Gasteiger partial charge is 0.226 e. The maximum Gasteiger partial charge on any atom is 0.226 e. The number of aromatic nitrogens is 1. The first-order chi connectivity index (χ1) is 14.1. The lowest BCUT2D eigenvalue weighted by Crippen LogP contribution is -2.36. The van der Waals surface area contributed by atoms with E-state index in [1.807, 2.05) is 30.3 Å². The lowest BCUT2D eigenvalue weighted by Gasteiger charge is -2.18. The highest BCUT2D eigenvalue weighted by Gasteiger charge is 2.08. The van der Waals surface area contributed by atoms with Gasteiger partial charge in [0.2, 0.25) is 5.89 Å². The van der Waals surface area contributed by atoms with E-state index < -0.39 is 0 Å². The Morgan fingerprint density at radius 2 is 1.87 bits per heavy atom. The van der Waals surface area contributed by atoms with Gasteiger partial charge in [-0.05, 0) is 43.2 Å². The van der Waals surface area contributed by atoms with Crippen LogP contribution in [0.2, 0.25) is 0 Å². The number of nitrogens with zero attached hydrogens (tertiary/aromatic N) is 3.